The molecule has 3 rings (SSSR count). The molecule has 0 radical (unpaired) electrons. The number of hydrogen-bond acceptors (Lipinski definition) is 3. The molecule has 1 saturated heterocycles. The van der Waals surface area contributed by atoms with Gasteiger partial charge in [-0.25, -0.2) is 0 Å². The van der Waals surface area contributed by atoms with Crippen LogP contribution in [-0.4, -0.2) is 47.1 Å². The summed E-state index contributed by atoms with van der Waals surface area (Å²) < 4.78 is 0. The van der Waals surface area contributed by atoms with Crippen LogP contribution in [0.5, 0.6) is 0 Å². The van der Waals surface area contributed by atoms with E-state index in [-0.39, 0.29) is 17.6 Å². The van der Waals surface area contributed by atoms with E-state index in [4.69, 9.17) is 0 Å². The van der Waals surface area contributed by atoms with Gasteiger partial charge < -0.3 is 15.2 Å². The highest BCUT2D eigenvalue weighted by Crippen LogP contribution is 2.11. The second-order valence-corrected chi connectivity index (χ2v) is 6.10. The molecule has 25 heavy (non-hydrogen) atoms. The van der Waals surface area contributed by atoms with Crippen molar-refractivity contribution in [1.29, 1.82) is 0 Å². The van der Waals surface area contributed by atoms with Crippen LogP contribution < -0.4 is 5.32 Å². The Hall–Kier alpha value is -2.89. The number of ketones is 1. The summed E-state index contributed by atoms with van der Waals surface area (Å²) in [5.41, 5.74) is 1.58. The summed E-state index contributed by atoms with van der Waals surface area (Å²) >= 11 is 0. The van der Waals surface area contributed by atoms with Gasteiger partial charge in [-0.1, -0.05) is 12.1 Å². The maximum absolute atomic E-state index is 12.2. The predicted molar refractivity (Wildman–Crippen MR) is 93.4 cm³/mol. The molecule has 2 heterocycles. The molecule has 1 aromatic carbocycles. The summed E-state index contributed by atoms with van der Waals surface area (Å²) in [5, 5.41) is 2.75. The van der Waals surface area contributed by atoms with Gasteiger partial charge in [-0.05, 0) is 31.0 Å². The molecule has 1 aliphatic heterocycles. The van der Waals surface area contributed by atoms with Crippen LogP contribution in [0.2, 0.25) is 0 Å². The Morgan fingerprint density at radius 3 is 2.28 bits per heavy atom. The molecule has 0 spiro atoms. The molecule has 1 aliphatic rings. The summed E-state index contributed by atoms with van der Waals surface area (Å²) in [6, 6.07) is 8.23. The molecule has 0 saturated carbocycles. The molecule has 6 heteroatoms. The van der Waals surface area contributed by atoms with Crippen molar-refractivity contribution in [3.63, 3.8) is 0 Å². The quantitative estimate of drug-likeness (QED) is 0.790. The molecule has 2 N–H and O–H groups in total. The topological polar surface area (TPSA) is 82.3 Å². The van der Waals surface area contributed by atoms with Crippen molar-refractivity contribution < 1.29 is 14.4 Å². The molecule has 130 valence electrons. The van der Waals surface area contributed by atoms with Crippen LogP contribution in [0.15, 0.2) is 42.7 Å². The lowest BCUT2D eigenvalue weighted by atomic mass is 10.0. The molecular formula is C19H21N3O3. The highest BCUT2D eigenvalue weighted by atomic mass is 16.2. The number of benzene rings is 1. The second-order valence-electron chi connectivity index (χ2n) is 6.10. The first-order valence-electron chi connectivity index (χ1n) is 8.48. The van der Waals surface area contributed by atoms with Gasteiger partial charge in [-0.3, -0.25) is 14.4 Å². The Morgan fingerprint density at radius 2 is 1.64 bits per heavy atom. The molecule has 0 aliphatic carbocycles. The lowest BCUT2D eigenvalue weighted by molar-refractivity contribution is -0.129. The third-order valence-corrected chi connectivity index (χ3v) is 4.35. The van der Waals surface area contributed by atoms with Gasteiger partial charge in [0.1, 0.15) is 0 Å². The normalized spacial score (nSPS) is 13.7. The van der Waals surface area contributed by atoms with E-state index in [0.29, 0.717) is 29.7 Å². The predicted octanol–water partition coefficient (Wildman–Crippen LogP) is 1.99. The van der Waals surface area contributed by atoms with Crippen LogP contribution in [-0.2, 0) is 4.79 Å². The molecule has 1 aromatic heterocycles. The van der Waals surface area contributed by atoms with Crippen LogP contribution >= 0.6 is 0 Å². The molecular weight excluding hydrogens is 318 g/mol. The first-order chi connectivity index (χ1) is 12.1. The van der Waals surface area contributed by atoms with Gasteiger partial charge in [0.25, 0.3) is 5.91 Å². The number of amides is 2. The fraction of sp³-hybridized carbons (Fsp3) is 0.316. The van der Waals surface area contributed by atoms with E-state index in [1.807, 2.05) is 4.90 Å². The SMILES string of the molecule is O=C(NCCC(=O)N1CCCC1)c1ccc(C(=O)c2cc[nH]c2)cc1. The number of nitrogens with zero attached hydrogens (tertiary/aromatic N) is 1. The Balaban J connectivity index is 1.50. The number of carbonyl (C=O) groups is 3. The smallest absolute Gasteiger partial charge is 0.251 e. The lowest BCUT2D eigenvalue weighted by Crippen LogP contribution is -2.32. The molecule has 0 atom stereocenters. The summed E-state index contributed by atoms with van der Waals surface area (Å²) in [6.45, 7) is 1.96. The fourth-order valence-electron chi connectivity index (χ4n) is 2.91. The van der Waals surface area contributed by atoms with Crippen LogP contribution in [0, 0.1) is 0 Å². The van der Waals surface area contributed by atoms with Crippen molar-refractivity contribution in [3.8, 4) is 0 Å². The molecule has 6 nitrogen and oxygen atoms in total. The zero-order valence-electron chi connectivity index (χ0n) is 14.0. The fourth-order valence-corrected chi connectivity index (χ4v) is 2.91. The average Bonchev–Trinajstić information content (AvgIpc) is 3.34. The van der Waals surface area contributed by atoms with E-state index < -0.39 is 0 Å². The van der Waals surface area contributed by atoms with E-state index in [2.05, 4.69) is 10.3 Å². The highest BCUT2D eigenvalue weighted by Gasteiger charge is 2.17. The maximum atomic E-state index is 12.2. The first-order valence-corrected chi connectivity index (χ1v) is 8.48. The average molecular weight is 339 g/mol. The van der Waals surface area contributed by atoms with E-state index in [1.54, 1.807) is 42.7 Å². The van der Waals surface area contributed by atoms with Crippen molar-refractivity contribution in [2.24, 2.45) is 0 Å². The number of aromatic amines is 1. The minimum atomic E-state index is -0.241. The van der Waals surface area contributed by atoms with Gasteiger partial charge in [0.2, 0.25) is 5.91 Å². The van der Waals surface area contributed by atoms with E-state index in [0.717, 1.165) is 25.9 Å². The Labute approximate surface area is 146 Å². The van der Waals surface area contributed by atoms with E-state index in [1.165, 1.54) is 0 Å². The molecule has 2 aromatic rings. The standard InChI is InChI=1S/C19H21N3O3/c23-17(22-11-1-2-12-22)8-10-21-19(25)15-5-3-14(4-6-15)18(24)16-7-9-20-13-16/h3-7,9,13,20H,1-2,8,10-12H2,(H,21,25). The second kappa shape index (κ2) is 7.79. The highest BCUT2D eigenvalue weighted by molar-refractivity contribution is 6.09. The summed E-state index contributed by atoms with van der Waals surface area (Å²) in [6.07, 6.45) is 5.77. The molecule has 0 unspecified atom stereocenters. The maximum Gasteiger partial charge on any atom is 0.251 e. The number of aromatic nitrogens is 1. The number of likely N-dealkylation sites (tertiary alicyclic amines) is 1. The molecule has 0 bridgehead atoms. The van der Waals surface area contributed by atoms with Crippen LogP contribution in [0.25, 0.3) is 0 Å². The monoisotopic (exact) mass is 339 g/mol. The molecule has 2 amide bonds. The zero-order chi connectivity index (χ0) is 17.6. The van der Waals surface area contributed by atoms with E-state index in [9.17, 15) is 14.4 Å². The number of rotatable bonds is 6. The van der Waals surface area contributed by atoms with Crippen molar-refractivity contribution in [2.45, 2.75) is 19.3 Å². The van der Waals surface area contributed by atoms with Gasteiger partial charge in [-0.15, -0.1) is 0 Å². The van der Waals surface area contributed by atoms with Crippen LogP contribution in [0.4, 0.5) is 0 Å². The van der Waals surface area contributed by atoms with Crippen molar-refractivity contribution in [1.82, 2.24) is 15.2 Å². The van der Waals surface area contributed by atoms with Crippen LogP contribution in [0.1, 0.15) is 45.5 Å². The van der Waals surface area contributed by atoms with Gasteiger partial charge in [0.15, 0.2) is 5.78 Å². The minimum absolute atomic E-state index is 0.0882. The number of hydrogen-bond donors (Lipinski definition) is 2. The van der Waals surface area contributed by atoms with Crippen molar-refractivity contribution in [3.05, 3.63) is 59.4 Å². The van der Waals surface area contributed by atoms with Crippen molar-refractivity contribution in [2.75, 3.05) is 19.6 Å². The van der Waals surface area contributed by atoms with E-state index >= 15 is 0 Å². The summed E-state index contributed by atoms with van der Waals surface area (Å²) in [7, 11) is 0. The third kappa shape index (κ3) is 4.15. The minimum Gasteiger partial charge on any atom is -0.367 e. The van der Waals surface area contributed by atoms with Gasteiger partial charge in [0.05, 0.1) is 0 Å². The zero-order valence-corrected chi connectivity index (χ0v) is 14.0. The Morgan fingerprint density at radius 1 is 0.960 bits per heavy atom. The third-order valence-electron chi connectivity index (χ3n) is 4.35. The number of nitrogens with one attached hydrogen (secondary N) is 2. The summed E-state index contributed by atoms with van der Waals surface area (Å²) in [5.74, 6) is -0.246. The Bertz CT molecular complexity index is 745. The molecule has 1 fully saturated rings. The van der Waals surface area contributed by atoms with Gasteiger partial charge >= 0.3 is 0 Å². The van der Waals surface area contributed by atoms with Gasteiger partial charge in [-0.2, -0.15) is 0 Å². The number of H-pyrrole nitrogens is 1. The Kier molecular flexibility index (Phi) is 5.28. The summed E-state index contributed by atoms with van der Waals surface area (Å²) in [4.78, 5) is 40.9. The van der Waals surface area contributed by atoms with Gasteiger partial charge in [0, 0.05) is 55.1 Å². The van der Waals surface area contributed by atoms with Crippen molar-refractivity contribution >= 4 is 17.6 Å². The lowest BCUT2D eigenvalue weighted by Gasteiger charge is -2.15. The largest absolute Gasteiger partial charge is 0.367 e. The first kappa shape index (κ1) is 17.0. The number of carbonyl (C=O) groups excluding carboxylic acids is 3. The van der Waals surface area contributed by atoms with Crippen LogP contribution in [0.3, 0.4) is 0 Å².